The summed E-state index contributed by atoms with van der Waals surface area (Å²) < 4.78 is 1.96. The molecule has 5 heteroatoms. The smallest absolute Gasteiger partial charge is 0.115 e. The monoisotopic (exact) mass is 271 g/mol. The van der Waals surface area contributed by atoms with Crippen molar-refractivity contribution in [1.29, 1.82) is 0 Å². The van der Waals surface area contributed by atoms with Crippen molar-refractivity contribution in [2.45, 2.75) is 33.0 Å². The average molecular weight is 271 g/mol. The topological polar surface area (TPSA) is 46.8 Å². The number of hydrogen-bond acceptors (Lipinski definition) is 4. The third kappa shape index (κ3) is 3.11. The summed E-state index contributed by atoms with van der Waals surface area (Å²) in [5.74, 6) is 0. The molecule has 2 aromatic rings. The molecule has 5 nitrogen and oxygen atoms in total. The quantitative estimate of drug-likeness (QED) is 0.757. The summed E-state index contributed by atoms with van der Waals surface area (Å²) in [6.45, 7) is 9.58. The van der Waals surface area contributed by atoms with E-state index in [4.69, 9.17) is 0 Å². The van der Waals surface area contributed by atoms with Crippen molar-refractivity contribution in [3.05, 3.63) is 54.4 Å². The van der Waals surface area contributed by atoms with E-state index in [9.17, 15) is 0 Å². The van der Waals surface area contributed by atoms with Gasteiger partial charge in [-0.25, -0.2) is 9.97 Å². The molecule has 0 saturated heterocycles. The molecule has 2 rings (SSSR count). The highest BCUT2D eigenvalue weighted by molar-refractivity contribution is 5.17. The van der Waals surface area contributed by atoms with E-state index in [1.807, 2.05) is 23.0 Å². The highest BCUT2D eigenvalue weighted by Gasteiger charge is 2.15. The molecule has 2 heterocycles. The summed E-state index contributed by atoms with van der Waals surface area (Å²) in [6.07, 6.45) is 7.16. The van der Waals surface area contributed by atoms with Crippen molar-refractivity contribution in [3.8, 4) is 0 Å². The SMILES string of the molecule is C=CCn1ncc(CN(C)C(C)c2ccncn2)c1C. The molecule has 0 saturated carbocycles. The van der Waals surface area contributed by atoms with E-state index in [0.717, 1.165) is 18.8 Å². The second-order valence-corrected chi connectivity index (χ2v) is 4.95. The molecule has 0 radical (unpaired) electrons. The summed E-state index contributed by atoms with van der Waals surface area (Å²) in [6, 6.07) is 2.19. The van der Waals surface area contributed by atoms with E-state index in [-0.39, 0.29) is 6.04 Å². The normalized spacial score (nSPS) is 12.6. The summed E-state index contributed by atoms with van der Waals surface area (Å²) in [4.78, 5) is 10.5. The Bertz CT molecular complexity index is 561. The van der Waals surface area contributed by atoms with E-state index < -0.39 is 0 Å². The molecule has 0 aliphatic carbocycles. The molecule has 0 fully saturated rings. The van der Waals surface area contributed by atoms with Crippen LogP contribution < -0.4 is 0 Å². The van der Waals surface area contributed by atoms with Gasteiger partial charge in [0, 0.05) is 30.0 Å². The van der Waals surface area contributed by atoms with E-state index in [0.29, 0.717) is 0 Å². The molecule has 0 N–H and O–H groups in total. The zero-order valence-corrected chi connectivity index (χ0v) is 12.3. The van der Waals surface area contributed by atoms with Gasteiger partial charge >= 0.3 is 0 Å². The lowest BCUT2D eigenvalue weighted by Gasteiger charge is -2.23. The van der Waals surface area contributed by atoms with Crippen LogP contribution >= 0.6 is 0 Å². The van der Waals surface area contributed by atoms with Gasteiger partial charge in [0.05, 0.1) is 18.4 Å². The molecule has 1 unspecified atom stereocenters. The maximum Gasteiger partial charge on any atom is 0.115 e. The Labute approximate surface area is 120 Å². The molecular weight excluding hydrogens is 250 g/mol. The molecule has 0 aliphatic rings. The van der Waals surface area contributed by atoms with Crippen LogP contribution in [0.1, 0.15) is 29.9 Å². The van der Waals surface area contributed by atoms with Gasteiger partial charge in [-0.1, -0.05) is 6.08 Å². The van der Waals surface area contributed by atoms with Gasteiger partial charge in [-0.2, -0.15) is 5.10 Å². The number of aromatic nitrogens is 4. The summed E-state index contributed by atoms with van der Waals surface area (Å²) in [5.41, 5.74) is 3.44. The van der Waals surface area contributed by atoms with E-state index >= 15 is 0 Å². The lowest BCUT2D eigenvalue weighted by Crippen LogP contribution is -2.23. The molecule has 0 aromatic carbocycles. The first-order chi connectivity index (χ1) is 9.63. The van der Waals surface area contributed by atoms with Gasteiger partial charge in [-0.3, -0.25) is 9.58 Å². The molecule has 20 heavy (non-hydrogen) atoms. The largest absolute Gasteiger partial charge is 0.294 e. The Kier molecular flexibility index (Phi) is 4.63. The van der Waals surface area contributed by atoms with E-state index in [1.165, 1.54) is 11.3 Å². The summed E-state index contributed by atoms with van der Waals surface area (Å²) in [5, 5.41) is 4.38. The minimum Gasteiger partial charge on any atom is -0.294 e. The van der Waals surface area contributed by atoms with Crippen LogP contribution in [0, 0.1) is 6.92 Å². The maximum atomic E-state index is 4.38. The Morgan fingerprint density at radius 1 is 1.50 bits per heavy atom. The zero-order valence-electron chi connectivity index (χ0n) is 12.3. The van der Waals surface area contributed by atoms with Crippen LogP contribution in [0.5, 0.6) is 0 Å². The van der Waals surface area contributed by atoms with Crippen LogP contribution in [-0.2, 0) is 13.1 Å². The summed E-state index contributed by atoms with van der Waals surface area (Å²) >= 11 is 0. The third-order valence-electron chi connectivity index (χ3n) is 3.62. The molecule has 1 atom stereocenters. The average Bonchev–Trinajstić information content (AvgIpc) is 2.81. The lowest BCUT2D eigenvalue weighted by molar-refractivity contribution is 0.248. The van der Waals surface area contributed by atoms with Gasteiger partial charge in [0.1, 0.15) is 6.33 Å². The standard InChI is InChI=1S/C15H21N5/c1-5-8-20-12(2)14(9-18-20)10-19(4)13(3)15-6-7-16-11-17-15/h5-7,9,11,13H,1,8,10H2,2-4H3. The van der Waals surface area contributed by atoms with Crippen LogP contribution in [-0.4, -0.2) is 31.7 Å². The molecule has 0 aliphatic heterocycles. The molecule has 0 amide bonds. The number of nitrogens with zero attached hydrogens (tertiary/aromatic N) is 5. The first-order valence-electron chi connectivity index (χ1n) is 6.71. The minimum absolute atomic E-state index is 0.236. The minimum atomic E-state index is 0.236. The van der Waals surface area contributed by atoms with Crippen molar-refractivity contribution in [3.63, 3.8) is 0 Å². The Morgan fingerprint density at radius 3 is 2.95 bits per heavy atom. The zero-order chi connectivity index (χ0) is 14.5. The van der Waals surface area contributed by atoms with Gasteiger partial charge in [0.25, 0.3) is 0 Å². The Morgan fingerprint density at radius 2 is 2.30 bits per heavy atom. The summed E-state index contributed by atoms with van der Waals surface area (Å²) in [7, 11) is 2.09. The predicted octanol–water partition coefficient (Wildman–Crippen LogP) is 2.36. The van der Waals surface area contributed by atoms with Gasteiger partial charge in [-0.15, -0.1) is 6.58 Å². The van der Waals surface area contributed by atoms with Crippen molar-refractivity contribution in [2.75, 3.05) is 7.05 Å². The highest BCUT2D eigenvalue weighted by Crippen LogP contribution is 2.19. The number of hydrogen-bond donors (Lipinski definition) is 0. The third-order valence-corrected chi connectivity index (χ3v) is 3.62. The van der Waals surface area contributed by atoms with Crippen molar-refractivity contribution in [1.82, 2.24) is 24.6 Å². The highest BCUT2D eigenvalue weighted by atomic mass is 15.3. The van der Waals surface area contributed by atoms with Crippen LogP contribution in [0.15, 0.2) is 37.4 Å². The number of rotatable bonds is 6. The van der Waals surface area contributed by atoms with Gasteiger partial charge in [0.2, 0.25) is 0 Å². The Hall–Kier alpha value is -2.01. The maximum absolute atomic E-state index is 4.38. The van der Waals surface area contributed by atoms with E-state index in [2.05, 4.69) is 47.4 Å². The van der Waals surface area contributed by atoms with Crippen LogP contribution in [0.4, 0.5) is 0 Å². The van der Waals surface area contributed by atoms with Crippen LogP contribution in [0.25, 0.3) is 0 Å². The fourth-order valence-corrected chi connectivity index (χ4v) is 2.13. The fraction of sp³-hybridized carbons (Fsp3) is 0.400. The lowest BCUT2D eigenvalue weighted by atomic mass is 10.1. The van der Waals surface area contributed by atoms with Crippen LogP contribution in [0.2, 0.25) is 0 Å². The second-order valence-electron chi connectivity index (χ2n) is 4.95. The molecule has 0 spiro atoms. The van der Waals surface area contributed by atoms with Crippen LogP contribution in [0.3, 0.4) is 0 Å². The van der Waals surface area contributed by atoms with Gasteiger partial charge in [-0.05, 0) is 27.0 Å². The van der Waals surface area contributed by atoms with Crippen molar-refractivity contribution < 1.29 is 0 Å². The van der Waals surface area contributed by atoms with Crippen molar-refractivity contribution in [2.24, 2.45) is 0 Å². The molecule has 2 aromatic heterocycles. The first kappa shape index (κ1) is 14.4. The first-order valence-corrected chi connectivity index (χ1v) is 6.71. The molecule has 0 bridgehead atoms. The number of allylic oxidation sites excluding steroid dienone is 1. The van der Waals surface area contributed by atoms with Gasteiger partial charge in [0.15, 0.2) is 0 Å². The molecular formula is C15H21N5. The van der Waals surface area contributed by atoms with Gasteiger partial charge < -0.3 is 0 Å². The second kappa shape index (κ2) is 6.43. The van der Waals surface area contributed by atoms with Crippen molar-refractivity contribution >= 4 is 0 Å². The predicted molar refractivity (Wildman–Crippen MR) is 79.1 cm³/mol. The van der Waals surface area contributed by atoms with E-state index in [1.54, 1.807) is 12.5 Å². The molecule has 106 valence electrons. The fourth-order valence-electron chi connectivity index (χ4n) is 2.13. The Balaban J connectivity index is 2.08.